The Morgan fingerprint density at radius 1 is 1.11 bits per heavy atom. The third kappa shape index (κ3) is 6.38. The van der Waals surface area contributed by atoms with Gasteiger partial charge in [0.25, 0.3) is 26.1 Å². The van der Waals surface area contributed by atoms with E-state index >= 15 is 0 Å². The van der Waals surface area contributed by atoms with Gasteiger partial charge in [0.05, 0.1) is 6.42 Å². The fraction of sp³-hybridized carbons (Fsp3) is 0.421. The number of benzene rings is 1. The monoisotopic (exact) mass is 556 g/mol. The van der Waals surface area contributed by atoms with E-state index in [1.165, 1.54) is 41.9 Å². The van der Waals surface area contributed by atoms with Gasteiger partial charge < -0.3 is 0 Å². The number of hydrogen-bond acceptors (Lipinski definition) is 7. The molecule has 0 radical (unpaired) electrons. The minimum absolute atomic E-state index is 0.0638. The molecule has 35 heavy (non-hydrogen) atoms. The average molecular weight is 557 g/mol. The Kier molecular flexibility index (Phi) is 8.25. The number of nitrogens with zero attached hydrogens (tertiary/aromatic N) is 2. The molecule has 1 fully saturated rings. The molecular formula is C19H23F3N4O6S3. The van der Waals surface area contributed by atoms with Crippen molar-refractivity contribution in [3.05, 3.63) is 42.0 Å². The van der Waals surface area contributed by atoms with Crippen molar-refractivity contribution in [3.8, 4) is 10.4 Å². The summed E-state index contributed by atoms with van der Waals surface area (Å²) in [5, 5.41) is 9.11. The second-order valence-corrected chi connectivity index (χ2v) is 12.5. The molecule has 3 N–H and O–H groups in total. The third-order valence-electron chi connectivity index (χ3n) is 5.16. The van der Waals surface area contributed by atoms with Gasteiger partial charge in [-0.25, -0.2) is 18.6 Å². The van der Waals surface area contributed by atoms with Crippen LogP contribution in [0, 0.1) is 0 Å². The topological polar surface area (TPSA) is 136 Å². The largest absolute Gasteiger partial charge is 0.393 e. The zero-order chi connectivity index (χ0) is 26.0. The number of nitrogens with one attached hydrogen (secondary N) is 2. The van der Waals surface area contributed by atoms with Gasteiger partial charge in [-0.2, -0.15) is 30.2 Å². The van der Waals surface area contributed by atoms with E-state index in [-0.39, 0.29) is 29.4 Å². The molecule has 16 heteroatoms. The molecule has 0 saturated carbocycles. The van der Waals surface area contributed by atoms with Crippen molar-refractivity contribution in [3.63, 3.8) is 0 Å². The molecular weight excluding hydrogens is 533 g/mol. The SMILES string of the molecule is CCNS(=O)(=O)N1CCN(S(=O)(=O)c2ccc(-c3ccc(CC(F)(F)F)cc3)s2)[C@@H](C(=O)NO)C1. The van der Waals surface area contributed by atoms with Crippen molar-refractivity contribution in [2.45, 2.75) is 29.8 Å². The van der Waals surface area contributed by atoms with Crippen molar-refractivity contribution in [1.82, 2.24) is 18.8 Å². The summed E-state index contributed by atoms with van der Waals surface area (Å²) >= 11 is 0.851. The van der Waals surface area contributed by atoms with E-state index in [0.717, 1.165) is 19.9 Å². The summed E-state index contributed by atoms with van der Waals surface area (Å²) < 4.78 is 92.8. The van der Waals surface area contributed by atoms with Gasteiger partial charge in [-0.1, -0.05) is 31.2 Å². The zero-order valence-electron chi connectivity index (χ0n) is 18.3. The number of hydrogen-bond donors (Lipinski definition) is 3. The predicted octanol–water partition coefficient (Wildman–Crippen LogP) is 1.55. The number of alkyl halides is 3. The number of piperazine rings is 1. The van der Waals surface area contributed by atoms with Gasteiger partial charge in [0.1, 0.15) is 10.3 Å². The highest BCUT2D eigenvalue weighted by atomic mass is 32.2. The molecule has 1 aliphatic heterocycles. The van der Waals surface area contributed by atoms with E-state index in [9.17, 15) is 34.8 Å². The minimum Gasteiger partial charge on any atom is -0.289 e. The standard InChI is InChI=1S/C19H23F3N4O6S3/c1-2-23-35(31,32)25-9-10-26(15(12-25)18(27)24-28)34(29,30)17-8-7-16(33-17)14-5-3-13(4-6-14)11-19(20,21)22/h3-8,15,23,28H,2,9-12H2,1H3,(H,24,27)/t15-/m1/s1. The van der Waals surface area contributed by atoms with E-state index in [1.54, 1.807) is 6.92 Å². The molecule has 0 aliphatic carbocycles. The molecule has 0 unspecified atom stereocenters. The minimum atomic E-state index is -4.35. The molecule has 1 amide bonds. The van der Waals surface area contributed by atoms with Gasteiger partial charge in [-0.05, 0) is 23.3 Å². The molecule has 1 aliphatic rings. The first-order valence-electron chi connectivity index (χ1n) is 10.2. The Hall–Kier alpha value is -2.08. The Balaban J connectivity index is 1.85. The first-order valence-corrected chi connectivity index (χ1v) is 13.9. The van der Waals surface area contributed by atoms with Gasteiger partial charge in [-0.15, -0.1) is 11.3 Å². The fourth-order valence-electron chi connectivity index (χ4n) is 3.56. The molecule has 2 heterocycles. The molecule has 0 spiro atoms. The van der Waals surface area contributed by atoms with Crippen molar-refractivity contribution < 1.29 is 40.0 Å². The summed E-state index contributed by atoms with van der Waals surface area (Å²) in [5.41, 5.74) is 1.95. The van der Waals surface area contributed by atoms with Crippen LogP contribution in [-0.2, 0) is 31.4 Å². The molecule has 1 atom stereocenters. The summed E-state index contributed by atoms with van der Waals surface area (Å²) in [6.07, 6.45) is -5.43. The lowest BCUT2D eigenvalue weighted by Gasteiger charge is -2.38. The fourth-order valence-corrected chi connectivity index (χ4v) is 7.77. The van der Waals surface area contributed by atoms with Gasteiger partial charge in [0.15, 0.2) is 0 Å². The van der Waals surface area contributed by atoms with Gasteiger partial charge in [-0.3, -0.25) is 10.0 Å². The lowest BCUT2D eigenvalue weighted by molar-refractivity contribution is -0.134. The maximum absolute atomic E-state index is 13.3. The van der Waals surface area contributed by atoms with E-state index in [0.29, 0.717) is 10.4 Å². The van der Waals surface area contributed by atoms with Crippen LogP contribution in [0.1, 0.15) is 12.5 Å². The Bertz CT molecular complexity index is 1260. The van der Waals surface area contributed by atoms with Crippen LogP contribution in [0.5, 0.6) is 0 Å². The third-order valence-corrected chi connectivity index (χ3v) is 10.3. The predicted molar refractivity (Wildman–Crippen MR) is 121 cm³/mol. The Morgan fingerprint density at radius 2 is 1.77 bits per heavy atom. The summed E-state index contributed by atoms with van der Waals surface area (Å²) in [4.78, 5) is 12.7. The first-order chi connectivity index (χ1) is 16.3. The Labute approximate surface area is 204 Å². The van der Waals surface area contributed by atoms with Crippen LogP contribution in [0.25, 0.3) is 10.4 Å². The molecule has 1 aromatic heterocycles. The lowest BCUT2D eigenvalue weighted by atomic mass is 10.1. The summed E-state index contributed by atoms with van der Waals surface area (Å²) in [6.45, 7) is 0.578. The number of halogens is 3. The lowest BCUT2D eigenvalue weighted by Crippen LogP contribution is -2.62. The highest BCUT2D eigenvalue weighted by Crippen LogP contribution is 2.34. The van der Waals surface area contributed by atoms with E-state index in [4.69, 9.17) is 5.21 Å². The molecule has 1 aromatic carbocycles. The molecule has 3 rings (SSSR count). The number of sulfonamides is 1. The number of amides is 1. The van der Waals surface area contributed by atoms with E-state index in [1.807, 2.05) is 0 Å². The van der Waals surface area contributed by atoms with Crippen LogP contribution in [0.4, 0.5) is 13.2 Å². The first kappa shape index (κ1) is 27.5. The summed E-state index contributed by atoms with van der Waals surface area (Å²) in [6, 6.07) is 6.79. The zero-order valence-corrected chi connectivity index (χ0v) is 20.8. The van der Waals surface area contributed by atoms with Crippen molar-refractivity contribution >= 4 is 37.5 Å². The highest BCUT2D eigenvalue weighted by Gasteiger charge is 2.43. The average Bonchev–Trinajstić information content (AvgIpc) is 3.29. The van der Waals surface area contributed by atoms with E-state index in [2.05, 4.69) is 4.72 Å². The molecule has 10 nitrogen and oxygen atoms in total. The number of carbonyl (C=O) groups excluding carboxylic acids is 1. The van der Waals surface area contributed by atoms with Gasteiger partial charge in [0.2, 0.25) is 0 Å². The molecule has 0 bridgehead atoms. The normalized spacial score (nSPS) is 18.5. The smallest absolute Gasteiger partial charge is 0.289 e. The van der Waals surface area contributed by atoms with Crippen LogP contribution in [0.2, 0.25) is 0 Å². The summed E-state index contributed by atoms with van der Waals surface area (Å²) in [5.74, 6) is -1.10. The number of carbonyl (C=O) groups is 1. The summed E-state index contributed by atoms with van der Waals surface area (Å²) in [7, 11) is -8.23. The molecule has 2 aromatic rings. The van der Waals surface area contributed by atoms with Crippen LogP contribution >= 0.6 is 11.3 Å². The maximum Gasteiger partial charge on any atom is 0.393 e. The van der Waals surface area contributed by atoms with Gasteiger partial charge in [0, 0.05) is 31.1 Å². The van der Waals surface area contributed by atoms with Gasteiger partial charge >= 0.3 is 6.18 Å². The Morgan fingerprint density at radius 3 is 2.34 bits per heavy atom. The number of hydroxylamine groups is 1. The van der Waals surface area contributed by atoms with Crippen LogP contribution in [-0.4, -0.2) is 75.0 Å². The second kappa shape index (κ2) is 10.5. The molecule has 194 valence electrons. The van der Waals surface area contributed by atoms with Crippen molar-refractivity contribution in [2.75, 3.05) is 26.2 Å². The quantitative estimate of drug-likeness (QED) is 0.334. The van der Waals surface area contributed by atoms with Crippen LogP contribution in [0.3, 0.4) is 0 Å². The highest BCUT2D eigenvalue weighted by molar-refractivity contribution is 7.91. The number of rotatable bonds is 8. The van der Waals surface area contributed by atoms with Crippen LogP contribution in [0.15, 0.2) is 40.6 Å². The van der Waals surface area contributed by atoms with Crippen molar-refractivity contribution in [1.29, 1.82) is 0 Å². The number of thiophene rings is 1. The van der Waals surface area contributed by atoms with Crippen molar-refractivity contribution in [2.24, 2.45) is 0 Å². The maximum atomic E-state index is 13.3. The molecule has 1 saturated heterocycles. The second-order valence-electron chi connectivity index (χ2n) is 7.58. The van der Waals surface area contributed by atoms with Crippen LogP contribution < -0.4 is 10.2 Å². The van der Waals surface area contributed by atoms with E-state index < -0.39 is 51.3 Å².